The van der Waals surface area contributed by atoms with Crippen LogP contribution in [0.15, 0.2) is 0 Å². The van der Waals surface area contributed by atoms with Crippen molar-refractivity contribution in [3.8, 4) is 0 Å². The average Bonchev–Trinajstić information content (AvgIpc) is 1.83. The van der Waals surface area contributed by atoms with Crippen molar-refractivity contribution in [2.24, 2.45) is 11.8 Å². The first kappa shape index (κ1) is 7.07. The van der Waals surface area contributed by atoms with Gasteiger partial charge in [0.15, 0.2) is 0 Å². The zero-order chi connectivity index (χ0) is 6.85. The van der Waals surface area contributed by atoms with Crippen molar-refractivity contribution in [1.82, 2.24) is 0 Å². The Bertz CT molecular complexity index is 80.6. The third kappa shape index (κ3) is 1.45. The van der Waals surface area contributed by atoms with Crippen molar-refractivity contribution in [2.75, 3.05) is 0 Å². The summed E-state index contributed by atoms with van der Waals surface area (Å²) in [4.78, 5) is 0. The lowest BCUT2D eigenvalue weighted by Gasteiger charge is -2.30. The molecule has 0 bridgehead atoms. The summed E-state index contributed by atoms with van der Waals surface area (Å²) >= 11 is 0. The largest absolute Gasteiger partial charge is 0.393 e. The van der Waals surface area contributed by atoms with E-state index in [1.54, 1.807) is 0 Å². The molecular formula is C8H16O. The van der Waals surface area contributed by atoms with Crippen molar-refractivity contribution in [3.05, 3.63) is 0 Å². The molecular weight excluding hydrogens is 112 g/mol. The molecule has 1 aliphatic carbocycles. The quantitative estimate of drug-likeness (QED) is 0.527. The van der Waals surface area contributed by atoms with E-state index in [4.69, 9.17) is 0 Å². The molecule has 0 aromatic rings. The summed E-state index contributed by atoms with van der Waals surface area (Å²) in [5.41, 5.74) is 0. The van der Waals surface area contributed by atoms with Gasteiger partial charge in [-0.15, -0.1) is 0 Å². The van der Waals surface area contributed by atoms with Gasteiger partial charge in [0, 0.05) is 0 Å². The molecule has 1 aliphatic rings. The standard InChI is InChI=1S/C8H16O/c1-6-4-3-5-8(9)7(6)2/h6-9H,3-5H2,1-2H3/t6-,7+,8?/m0/s1. The van der Waals surface area contributed by atoms with Gasteiger partial charge in [-0.2, -0.15) is 0 Å². The molecule has 1 rings (SSSR count). The minimum absolute atomic E-state index is 0.0197. The molecule has 1 saturated carbocycles. The normalized spacial score (nSPS) is 45.0. The molecule has 9 heavy (non-hydrogen) atoms. The molecule has 1 nitrogen and oxygen atoms in total. The summed E-state index contributed by atoms with van der Waals surface area (Å²) in [7, 11) is 0. The highest BCUT2D eigenvalue weighted by Gasteiger charge is 2.24. The molecule has 0 amide bonds. The summed E-state index contributed by atoms with van der Waals surface area (Å²) in [5, 5.41) is 9.35. The highest BCUT2D eigenvalue weighted by molar-refractivity contribution is 4.75. The van der Waals surface area contributed by atoms with Crippen LogP contribution in [0.3, 0.4) is 0 Å². The highest BCUT2D eigenvalue weighted by Crippen LogP contribution is 2.28. The van der Waals surface area contributed by atoms with Gasteiger partial charge in [0.25, 0.3) is 0 Å². The van der Waals surface area contributed by atoms with Crippen molar-refractivity contribution < 1.29 is 5.11 Å². The second-order valence-corrected chi connectivity index (χ2v) is 3.33. The third-order valence-corrected chi connectivity index (χ3v) is 2.66. The van der Waals surface area contributed by atoms with Crippen LogP contribution in [0.2, 0.25) is 0 Å². The number of hydrogen-bond donors (Lipinski definition) is 1. The number of hydrogen-bond acceptors (Lipinski definition) is 1. The summed E-state index contributed by atoms with van der Waals surface area (Å²) < 4.78 is 0. The Kier molecular flexibility index (Phi) is 2.12. The van der Waals surface area contributed by atoms with Crippen LogP contribution < -0.4 is 0 Å². The topological polar surface area (TPSA) is 20.2 Å². The predicted octanol–water partition coefficient (Wildman–Crippen LogP) is 1.80. The van der Waals surface area contributed by atoms with Gasteiger partial charge in [0.1, 0.15) is 0 Å². The van der Waals surface area contributed by atoms with Crippen molar-refractivity contribution in [1.29, 1.82) is 0 Å². The summed E-state index contributed by atoms with van der Waals surface area (Å²) in [6.45, 7) is 4.38. The SMILES string of the molecule is C[C@H]1CCCC(O)[C@@H]1C. The van der Waals surface area contributed by atoms with E-state index in [0.29, 0.717) is 5.92 Å². The predicted molar refractivity (Wildman–Crippen MR) is 38.2 cm³/mol. The van der Waals surface area contributed by atoms with E-state index in [-0.39, 0.29) is 6.10 Å². The summed E-state index contributed by atoms with van der Waals surface area (Å²) in [5.74, 6) is 1.26. The minimum atomic E-state index is -0.0197. The van der Waals surface area contributed by atoms with Crippen molar-refractivity contribution in [3.63, 3.8) is 0 Å². The Morgan fingerprint density at radius 2 is 1.89 bits per heavy atom. The highest BCUT2D eigenvalue weighted by atomic mass is 16.3. The fourth-order valence-corrected chi connectivity index (χ4v) is 1.55. The Hall–Kier alpha value is -0.0400. The van der Waals surface area contributed by atoms with Gasteiger partial charge in [-0.05, 0) is 18.3 Å². The monoisotopic (exact) mass is 128 g/mol. The van der Waals surface area contributed by atoms with Crippen LogP contribution in [0.25, 0.3) is 0 Å². The maximum atomic E-state index is 9.35. The van der Waals surface area contributed by atoms with Gasteiger partial charge in [-0.25, -0.2) is 0 Å². The van der Waals surface area contributed by atoms with Gasteiger partial charge in [-0.3, -0.25) is 0 Å². The van der Waals surface area contributed by atoms with E-state index in [9.17, 15) is 5.11 Å². The van der Waals surface area contributed by atoms with E-state index in [1.165, 1.54) is 12.8 Å². The Labute approximate surface area is 57.1 Å². The van der Waals surface area contributed by atoms with Crippen LogP contribution >= 0.6 is 0 Å². The van der Waals surface area contributed by atoms with E-state index >= 15 is 0 Å². The van der Waals surface area contributed by atoms with Crippen molar-refractivity contribution in [2.45, 2.75) is 39.2 Å². The van der Waals surface area contributed by atoms with Crippen LogP contribution in [0.1, 0.15) is 33.1 Å². The molecule has 1 N–H and O–H groups in total. The Morgan fingerprint density at radius 3 is 2.33 bits per heavy atom. The van der Waals surface area contributed by atoms with E-state index in [2.05, 4.69) is 13.8 Å². The van der Waals surface area contributed by atoms with Gasteiger partial charge in [-0.1, -0.05) is 26.7 Å². The van der Waals surface area contributed by atoms with Crippen LogP contribution in [0.5, 0.6) is 0 Å². The number of aliphatic hydroxyl groups is 1. The fraction of sp³-hybridized carbons (Fsp3) is 1.00. The number of rotatable bonds is 0. The Balaban J connectivity index is 2.41. The molecule has 0 aromatic heterocycles. The fourth-order valence-electron chi connectivity index (χ4n) is 1.55. The minimum Gasteiger partial charge on any atom is -0.393 e. The summed E-state index contributed by atoms with van der Waals surface area (Å²) in [6.07, 6.45) is 3.52. The van der Waals surface area contributed by atoms with E-state index < -0.39 is 0 Å². The first-order chi connectivity index (χ1) is 4.22. The second kappa shape index (κ2) is 2.70. The van der Waals surface area contributed by atoms with Crippen LogP contribution in [0.4, 0.5) is 0 Å². The third-order valence-electron chi connectivity index (χ3n) is 2.66. The van der Waals surface area contributed by atoms with E-state index in [1.807, 2.05) is 0 Å². The molecule has 1 heteroatoms. The molecule has 0 spiro atoms. The van der Waals surface area contributed by atoms with Crippen LogP contribution in [-0.2, 0) is 0 Å². The lowest BCUT2D eigenvalue weighted by molar-refractivity contribution is 0.0486. The molecule has 0 radical (unpaired) electrons. The van der Waals surface area contributed by atoms with Gasteiger partial charge >= 0.3 is 0 Å². The zero-order valence-corrected chi connectivity index (χ0v) is 6.30. The first-order valence-electron chi connectivity index (χ1n) is 3.90. The summed E-state index contributed by atoms with van der Waals surface area (Å²) in [6, 6.07) is 0. The second-order valence-electron chi connectivity index (χ2n) is 3.33. The first-order valence-corrected chi connectivity index (χ1v) is 3.90. The van der Waals surface area contributed by atoms with Crippen LogP contribution in [0, 0.1) is 11.8 Å². The lowest BCUT2D eigenvalue weighted by atomic mass is 9.80. The van der Waals surface area contributed by atoms with Gasteiger partial charge < -0.3 is 5.11 Å². The molecule has 1 unspecified atom stereocenters. The smallest absolute Gasteiger partial charge is 0.0568 e. The Morgan fingerprint density at radius 1 is 1.22 bits per heavy atom. The molecule has 1 fully saturated rings. The van der Waals surface area contributed by atoms with E-state index in [0.717, 1.165) is 12.3 Å². The lowest BCUT2D eigenvalue weighted by Crippen LogP contribution is -2.28. The number of aliphatic hydroxyl groups excluding tert-OH is 1. The molecule has 3 atom stereocenters. The molecule has 0 aromatic carbocycles. The van der Waals surface area contributed by atoms with Gasteiger partial charge in [0.05, 0.1) is 6.10 Å². The zero-order valence-electron chi connectivity index (χ0n) is 6.30. The average molecular weight is 128 g/mol. The van der Waals surface area contributed by atoms with Gasteiger partial charge in [0.2, 0.25) is 0 Å². The molecule has 0 aliphatic heterocycles. The molecule has 0 heterocycles. The molecule has 54 valence electrons. The molecule has 0 saturated heterocycles. The maximum absolute atomic E-state index is 9.35. The maximum Gasteiger partial charge on any atom is 0.0568 e. The van der Waals surface area contributed by atoms with Crippen LogP contribution in [-0.4, -0.2) is 11.2 Å². The van der Waals surface area contributed by atoms with Crippen molar-refractivity contribution >= 4 is 0 Å².